The molecular weight excluding hydrogens is 468 g/mol. The van der Waals surface area contributed by atoms with E-state index in [1.54, 1.807) is 24.3 Å². The summed E-state index contributed by atoms with van der Waals surface area (Å²) in [6.45, 7) is 4.95. The van der Waals surface area contributed by atoms with Crippen molar-refractivity contribution >= 4 is 40.5 Å². The van der Waals surface area contributed by atoms with Gasteiger partial charge in [0.25, 0.3) is 11.6 Å². The van der Waals surface area contributed by atoms with Crippen LogP contribution in [0.25, 0.3) is 11.6 Å². The smallest absolute Gasteiger partial charge is 0.269 e. The number of methoxy groups -OCH3 is 1. The zero-order valence-electron chi connectivity index (χ0n) is 19.7. The number of non-ortho nitro benzene ring substituents is 1. The summed E-state index contributed by atoms with van der Waals surface area (Å²) in [6.07, 6.45) is 1.82. The lowest BCUT2D eigenvalue weighted by atomic mass is 10.0. The molecule has 35 heavy (non-hydrogen) atoms. The van der Waals surface area contributed by atoms with Gasteiger partial charge in [0.2, 0.25) is 0 Å². The molecule has 0 spiro atoms. The number of ether oxygens (including phenoxy) is 2. The van der Waals surface area contributed by atoms with Crippen LogP contribution in [0.3, 0.4) is 0 Å². The molecule has 1 aliphatic rings. The molecule has 1 heterocycles. The quantitative estimate of drug-likeness (QED) is 0.207. The highest BCUT2D eigenvalue weighted by Crippen LogP contribution is 2.41. The molecule has 8 heteroatoms. The third kappa shape index (κ3) is 5.15. The van der Waals surface area contributed by atoms with E-state index in [-0.39, 0.29) is 18.2 Å². The van der Waals surface area contributed by atoms with Gasteiger partial charge in [-0.2, -0.15) is 0 Å². The van der Waals surface area contributed by atoms with E-state index in [1.165, 1.54) is 19.2 Å². The van der Waals surface area contributed by atoms with E-state index in [4.69, 9.17) is 21.1 Å². The van der Waals surface area contributed by atoms with Gasteiger partial charge >= 0.3 is 0 Å². The summed E-state index contributed by atoms with van der Waals surface area (Å²) in [6, 6.07) is 17.3. The number of para-hydroxylation sites is 1. The number of amides is 1. The number of carbonyl (C=O) groups is 1. The van der Waals surface area contributed by atoms with Crippen LogP contribution in [-0.2, 0) is 11.4 Å². The summed E-state index contributed by atoms with van der Waals surface area (Å²) >= 11 is 6.55. The van der Waals surface area contributed by atoms with Crippen molar-refractivity contribution in [3.05, 3.63) is 92.5 Å². The van der Waals surface area contributed by atoms with Gasteiger partial charge < -0.3 is 14.4 Å². The van der Waals surface area contributed by atoms with Crippen LogP contribution >= 0.6 is 11.6 Å². The van der Waals surface area contributed by atoms with Gasteiger partial charge in [0, 0.05) is 29.8 Å². The maximum Gasteiger partial charge on any atom is 0.269 e. The van der Waals surface area contributed by atoms with Crippen LogP contribution in [0.2, 0.25) is 5.02 Å². The lowest BCUT2D eigenvalue weighted by Crippen LogP contribution is -2.30. The first kappa shape index (κ1) is 24.3. The van der Waals surface area contributed by atoms with E-state index >= 15 is 0 Å². The molecule has 1 amide bonds. The van der Waals surface area contributed by atoms with E-state index in [0.717, 1.165) is 16.8 Å². The highest BCUT2D eigenvalue weighted by Gasteiger charge is 2.32. The summed E-state index contributed by atoms with van der Waals surface area (Å²) in [4.78, 5) is 25.5. The number of hydrogen-bond donors (Lipinski definition) is 0. The van der Waals surface area contributed by atoms with Crippen molar-refractivity contribution in [2.75, 3.05) is 18.6 Å². The number of anilines is 1. The number of halogens is 1. The maximum absolute atomic E-state index is 13.3. The average molecular weight is 493 g/mol. The summed E-state index contributed by atoms with van der Waals surface area (Å²) in [7, 11) is 1.52. The Bertz CT molecular complexity index is 1300. The third-order valence-electron chi connectivity index (χ3n) is 5.60. The number of nitro benzene ring substituents is 1. The summed E-state index contributed by atoms with van der Waals surface area (Å²) < 4.78 is 11.4. The van der Waals surface area contributed by atoms with Gasteiger partial charge in [-0.1, -0.05) is 43.6 Å². The molecule has 0 saturated heterocycles. The van der Waals surface area contributed by atoms with Crippen molar-refractivity contribution < 1.29 is 19.2 Å². The Kier molecular flexibility index (Phi) is 7.07. The van der Waals surface area contributed by atoms with Gasteiger partial charge in [0.05, 0.1) is 22.7 Å². The molecule has 0 fully saturated rings. The molecule has 0 radical (unpaired) electrons. The van der Waals surface area contributed by atoms with Crippen molar-refractivity contribution in [1.29, 1.82) is 0 Å². The molecule has 0 aliphatic carbocycles. The zero-order chi connectivity index (χ0) is 25.1. The number of carbonyl (C=O) groups excluding carboxylic acids is 1. The normalized spacial score (nSPS) is 13.9. The first-order valence-corrected chi connectivity index (χ1v) is 11.5. The molecule has 0 aromatic heterocycles. The fraction of sp³-hybridized carbons (Fsp3) is 0.222. The van der Waals surface area contributed by atoms with E-state index < -0.39 is 4.92 Å². The van der Waals surface area contributed by atoms with Crippen molar-refractivity contribution in [1.82, 2.24) is 0 Å². The van der Waals surface area contributed by atoms with Gasteiger partial charge in [-0.3, -0.25) is 14.9 Å². The minimum absolute atomic E-state index is 0.0109. The Labute approximate surface area is 208 Å². The van der Waals surface area contributed by atoms with Crippen molar-refractivity contribution in [3.63, 3.8) is 0 Å². The highest BCUT2D eigenvalue weighted by molar-refractivity contribution is 6.36. The molecule has 1 aliphatic heterocycles. The molecule has 7 nitrogen and oxygen atoms in total. The van der Waals surface area contributed by atoms with E-state index in [1.807, 2.05) is 35.2 Å². The predicted octanol–water partition coefficient (Wildman–Crippen LogP) is 6.38. The number of nitrogens with zero attached hydrogens (tertiary/aromatic N) is 2. The van der Waals surface area contributed by atoms with Crippen molar-refractivity contribution in [2.24, 2.45) is 5.92 Å². The first-order chi connectivity index (χ1) is 16.8. The summed E-state index contributed by atoms with van der Waals surface area (Å²) in [5.41, 5.74) is 3.85. The molecule has 0 N–H and O–H groups in total. The lowest BCUT2D eigenvalue weighted by molar-refractivity contribution is -0.384. The Morgan fingerprint density at radius 2 is 1.83 bits per heavy atom. The van der Waals surface area contributed by atoms with Gasteiger partial charge in [-0.25, -0.2) is 0 Å². The number of nitro groups is 1. The molecule has 0 atom stereocenters. The fourth-order valence-electron chi connectivity index (χ4n) is 3.99. The molecule has 3 aromatic carbocycles. The Morgan fingerprint density at radius 3 is 2.49 bits per heavy atom. The Balaban J connectivity index is 1.62. The first-order valence-electron chi connectivity index (χ1n) is 11.1. The molecule has 0 saturated carbocycles. The topological polar surface area (TPSA) is 81.9 Å². The van der Waals surface area contributed by atoms with Crippen LogP contribution < -0.4 is 14.4 Å². The van der Waals surface area contributed by atoms with E-state index in [9.17, 15) is 14.9 Å². The highest BCUT2D eigenvalue weighted by atomic mass is 35.5. The monoisotopic (exact) mass is 492 g/mol. The van der Waals surface area contributed by atoms with Crippen LogP contribution in [-0.4, -0.2) is 24.5 Å². The van der Waals surface area contributed by atoms with Crippen LogP contribution in [0.1, 0.15) is 30.5 Å². The van der Waals surface area contributed by atoms with Crippen molar-refractivity contribution in [2.45, 2.75) is 20.5 Å². The van der Waals surface area contributed by atoms with Crippen molar-refractivity contribution in [3.8, 4) is 11.5 Å². The number of fused-ring (bicyclic) bond motifs is 1. The summed E-state index contributed by atoms with van der Waals surface area (Å²) in [5.74, 6) is 1.06. The minimum atomic E-state index is -0.451. The van der Waals surface area contributed by atoms with Gasteiger partial charge in [-0.15, -0.1) is 0 Å². The van der Waals surface area contributed by atoms with Gasteiger partial charge in [-0.05, 0) is 53.5 Å². The Morgan fingerprint density at radius 1 is 1.11 bits per heavy atom. The Hall–Kier alpha value is -3.84. The molecule has 3 aromatic rings. The van der Waals surface area contributed by atoms with Gasteiger partial charge in [0.15, 0.2) is 11.5 Å². The second-order valence-electron chi connectivity index (χ2n) is 8.63. The largest absolute Gasteiger partial charge is 0.493 e. The maximum atomic E-state index is 13.3. The molecule has 180 valence electrons. The number of rotatable bonds is 8. The SMILES string of the molecule is COc1cc(/C=C2\C(=O)N(CC(C)C)c3ccccc32)cc(Cl)c1OCc1ccc([N+](=O)[O-])cc1. The van der Waals surface area contributed by atoms with Gasteiger partial charge in [0.1, 0.15) is 6.61 Å². The van der Waals surface area contributed by atoms with Crippen LogP contribution in [0.15, 0.2) is 60.7 Å². The zero-order valence-corrected chi connectivity index (χ0v) is 20.4. The van der Waals surface area contributed by atoms with Crippen LogP contribution in [0, 0.1) is 16.0 Å². The molecule has 0 bridgehead atoms. The average Bonchev–Trinajstić information content (AvgIpc) is 3.09. The van der Waals surface area contributed by atoms with E-state index in [2.05, 4.69) is 13.8 Å². The molecule has 0 unspecified atom stereocenters. The predicted molar refractivity (Wildman–Crippen MR) is 137 cm³/mol. The second-order valence-corrected chi connectivity index (χ2v) is 9.04. The number of hydrogen-bond acceptors (Lipinski definition) is 5. The minimum Gasteiger partial charge on any atom is -0.493 e. The standard InChI is InChI=1S/C27H25ClN2O5/c1-17(2)15-29-24-7-5-4-6-21(24)22(27(29)31)12-19-13-23(28)26(25(14-19)34-3)35-16-18-8-10-20(11-9-18)30(32)33/h4-14,17H,15-16H2,1-3H3/b22-12-. The molecular formula is C27H25ClN2O5. The summed E-state index contributed by atoms with van der Waals surface area (Å²) in [5, 5.41) is 11.2. The molecule has 4 rings (SSSR count). The van der Waals surface area contributed by atoms with E-state index in [0.29, 0.717) is 40.1 Å². The number of benzene rings is 3. The third-order valence-corrected chi connectivity index (χ3v) is 5.88. The van der Waals surface area contributed by atoms with Crippen LogP contribution in [0.5, 0.6) is 11.5 Å². The second kappa shape index (κ2) is 10.2. The fourth-order valence-corrected chi connectivity index (χ4v) is 4.27. The lowest BCUT2D eigenvalue weighted by Gasteiger charge is -2.19. The van der Waals surface area contributed by atoms with Crippen LogP contribution in [0.4, 0.5) is 11.4 Å².